The van der Waals surface area contributed by atoms with Crippen LogP contribution in [0, 0.1) is 0 Å². The maximum atomic E-state index is 12.2. The predicted octanol–water partition coefficient (Wildman–Crippen LogP) is 3.77. The van der Waals surface area contributed by atoms with Gasteiger partial charge in [0.25, 0.3) is 11.8 Å². The summed E-state index contributed by atoms with van der Waals surface area (Å²) in [5, 5.41) is 1.11. The number of barbiturate groups is 1. The normalized spacial score (nSPS) is 18.7. The molecule has 4 amide bonds. The van der Waals surface area contributed by atoms with Gasteiger partial charge in [0.05, 0.1) is 10.7 Å². The van der Waals surface area contributed by atoms with Gasteiger partial charge in [0, 0.05) is 25.5 Å². The summed E-state index contributed by atoms with van der Waals surface area (Å²) in [5.41, 5.74) is 1.18. The highest BCUT2D eigenvalue weighted by Gasteiger charge is 2.37. The van der Waals surface area contributed by atoms with Crippen molar-refractivity contribution in [2.24, 2.45) is 0 Å². The first-order valence-electron chi connectivity index (χ1n) is 9.18. The Kier molecular flexibility index (Phi) is 6.04. The quantitative estimate of drug-likeness (QED) is 0.559. The molecule has 1 fully saturated rings. The summed E-state index contributed by atoms with van der Waals surface area (Å²) in [4.78, 5) is 41.5. The Balaban J connectivity index is 1.80. The minimum atomic E-state index is -0.620. The van der Waals surface area contributed by atoms with E-state index in [-0.39, 0.29) is 5.57 Å². The van der Waals surface area contributed by atoms with Gasteiger partial charge in [0.2, 0.25) is 0 Å². The molecule has 2 aliphatic heterocycles. The number of fused-ring (bicyclic) bond motifs is 1. The fourth-order valence-electron chi connectivity index (χ4n) is 3.01. The second-order valence-electron chi connectivity index (χ2n) is 6.56. The second-order valence-corrected chi connectivity index (χ2v) is 7.62. The summed E-state index contributed by atoms with van der Waals surface area (Å²) < 4.78 is 0. The molecule has 146 valence electrons. The van der Waals surface area contributed by atoms with Crippen molar-refractivity contribution in [3.63, 3.8) is 0 Å². The van der Waals surface area contributed by atoms with E-state index in [0.29, 0.717) is 0 Å². The van der Waals surface area contributed by atoms with Crippen molar-refractivity contribution in [3.8, 4) is 0 Å². The summed E-state index contributed by atoms with van der Waals surface area (Å²) in [6.07, 6.45) is 9.13. The molecule has 0 atom stereocenters. The number of anilines is 1. The molecule has 0 spiro atoms. The topological polar surface area (TPSA) is 60.9 Å². The number of rotatable bonds is 5. The van der Waals surface area contributed by atoms with Crippen molar-refractivity contribution in [3.05, 3.63) is 59.2 Å². The van der Waals surface area contributed by atoms with Crippen LogP contribution in [-0.4, -0.2) is 48.3 Å². The SMILES string of the molecule is CCCCN1/C(=C/C=C/C=C2C(=O)N(C)C(=O)N(C)C2=O)Sc2ccccc21. The minimum absolute atomic E-state index is 0.0237. The number of allylic oxidation sites excluding steroid dienone is 4. The number of thioether (sulfide) groups is 1. The number of nitrogens with zero attached hydrogens (tertiary/aromatic N) is 3. The molecule has 7 heteroatoms. The van der Waals surface area contributed by atoms with Crippen LogP contribution in [0.2, 0.25) is 0 Å². The number of benzene rings is 1. The molecule has 1 saturated heterocycles. The lowest BCUT2D eigenvalue weighted by atomic mass is 10.1. The first kappa shape index (κ1) is 19.9. The lowest BCUT2D eigenvalue weighted by Gasteiger charge is -2.28. The third kappa shape index (κ3) is 3.75. The van der Waals surface area contributed by atoms with Crippen LogP contribution in [0.25, 0.3) is 0 Å². The van der Waals surface area contributed by atoms with Crippen LogP contribution in [0.15, 0.2) is 64.1 Å². The van der Waals surface area contributed by atoms with Crippen molar-refractivity contribution < 1.29 is 14.4 Å². The largest absolute Gasteiger partial charge is 0.335 e. The van der Waals surface area contributed by atoms with Crippen LogP contribution in [0.1, 0.15) is 19.8 Å². The number of para-hydroxylation sites is 1. The van der Waals surface area contributed by atoms with Gasteiger partial charge in [0.15, 0.2) is 0 Å². The zero-order valence-electron chi connectivity index (χ0n) is 16.2. The summed E-state index contributed by atoms with van der Waals surface area (Å²) in [5.74, 6) is -1.17. The van der Waals surface area contributed by atoms with Crippen LogP contribution in [0.5, 0.6) is 0 Å². The molecular formula is C21H23N3O3S. The molecule has 0 aromatic heterocycles. The zero-order chi connectivity index (χ0) is 20.3. The van der Waals surface area contributed by atoms with Crippen molar-refractivity contribution >= 4 is 35.3 Å². The van der Waals surface area contributed by atoms with Gasteiger partial charge in [-0.2, -0.15) is 0 Å². The van der Waals surface area contributed by atoms with Gasteiger partial charge in [-0.3, -0.25) is 19.4 Å². The highest BCUT2D eigenvalue weighted by molar-refractivity contribution is 8.03. The molecule has 0 saturated carbocycles. The first-order valence-corrected chi connectivity index (χ1v) is 10.0. The summed E-state index contributed by atoms with van der Waals surface area (Å²) in [7, 11) is 2.73. The number of imide groups is 2. The van der Waals surface area contributed by atoms with Crippen molar-refractivity contribution in [1.29, 1.82) is 0 Å². The number of carbonyl (C=O) groups excluding carboxylic acids is 3. The predicted molar refractivity (Wildman–Crippen MR) is 111 cm³/mol. The first-order chi connectivity index (χ1) is 13.5. The molecule has 2 heterocycles. The molecule has 6 nitrogen and oxygen atoms in total. The minimum Gasteiger partial charge on any atom is -0.335 e. The molecule has 2 aliphatic rings. The third-order valence-corrected chi connectivity index (χ3v) is 5.76. The van der Waals surface area contributed by atoms with Crippen LogP contribution in [0.3, 0.4) is 0 Å². The number of amides is 4. The summed E-state index contributed by atoms with van der Waals surface area (Å²) in [6, 6.07) is 7.67. The van der Waals surface area contributed by atoms with Gasteiger partial charge in [-0.25, -0.2) is 4.79 Å². The number of hydrogen-bond acceptors (Lipinski definition) is 5. The molecule has 0 aliphatic carbocycles. The summed E-state index contributed by atoms with van der Waals surface area (Å²) in [6.45, 7) is 3.11. The standard InChI is InChI=1S/C21H23N3O3S/c1-4-5-14-24-16-11-7-8-12-17(16)28-18(24)13-9-6-10-15-19(25)22(2)21(27)23(3)20(15)26/h6-13H,4-5,14H2,1-3H3/b9-6+,18-13-. The Bertz CT molecular complexity index is 878. The Morgan fingerprint density at radius 2 is 1.61 bits per heavy atom. The summed E-state index contributed by atoms with van der Waals surface area (Å²) >= 11 is 1.70. The van der Waals surface area contributed by atoms with Crippen LogP contribution in [-0.2, 0) is 9.59 Å². The average Bonchev–Trinajstić information content (AvgIpc) is 3.06. The number of carbonyl (C=O) groups is 3. The third-order valence-electron chi connectivity index (χ3n) is 4.63. The van der Waals surface area contributed by atoms with Crippen molar-refractivity contribution in [2.45, 2.75) is 24.7 Å². The van der Waals surface area contributed by atoms with Crippen LogP contribution >= 0.6 is 11.8 Å². The van der Waals surface area contributed by atoms with E-state index in [1.165, 1.54) is 30.8 Å². The highest BCUT2D eigenvalue weighted by Crippen LogP contribution is 2.45. The number of unbranched alkanes of at least 4 members (excludes halogenated alkanes) is 1. The molecule has 28 heavy (non-hydrogen) atoms. The number of likely N-dealkylation sites (N-methyl/N-ethyl adjacent to an activating group) is 2. The van der Waals surface area contributed by atoms with E-state index in [2.05, 4.69) is 24.0 Å². The Morgan fingerprint density at radius 1 is 0.964 bits per heavy atom. The van der Waals surface area contributed by atoms with E-state index >= 15 is 0 Å². The molecule has 0 radical (unpaired) electrons. The second kappa shape index (κ2) is 8.48. The Hall–Kier alpha value is -2.80. The van der Waals surface area contributed by atoms with E-state index in [1.54, 1.807) is 17.8 Å². The van der Waals surface area contributed by atoms with E-state index in [0.717, 1.165) is 34.2 Å². The van der Waals surface area contributed by atoms with E-state index in [9.17, 15) is 14.4 Å². The van der Waals surface area contributed by atoms with E-state index in [1.807, 2.05) is 24.3 Å². The molecule has 1 aromatic carbocycles. The van der Waals surface area contributed by atoms with Gasteiger partial charge in [-0.15, -0.1) is 0 Å². The smallest absolute Gasteiger partial charge is 0.333 e. The average molecular weight is 398 g/mol. The fourth-order valence-corrected chi connectivity index (χ4v) is 4.11. The lowest BCUT2D eigenvalue weighted by Crippen LogP contribution is -2.52. The van der Waals surface area contributed by atoms with Gasteiger partial charge >= 0.3 is 6.03 Å². The molecule has 1 aromatic rings. The highest BCUT2D eigenvalue weighted by atomic mass is 32.2. The van der Waals surface area contributed by atoms with Gasteiger partial charge < -0.3 is 4.90 Å². The van der Waals surface area contributed by atoms with Gasteiger partial charge in [-0.1, -0.05) is 49.4 Å². The molecule has 0 unspecified atom stereocenters. The fraction of sp³-hybridized carbons (Fsp3) is 0.286. The van der Waals surface area contributed by atoms with Crippen LogP contribution < -0.4 is 4.90 Å². The lowest BCUT2D eigenvalue weighted by molar-refractivity contribution is -0.134. The van der Waals surface area contributed by atoms with E-state index < -0.39 is 17.8 Å². The zero-order valence-corrected chi connectivity index (χ0v) is 17.0. The molecule has 0 N–H and O–H groups in total. The number of hydrogen-bond donors (Lipinski definition) is 0. The molecular weight excluding hydrogens is 374 g/mol. The molecule has 0 bridgehead atoms. The van der Waals surface area contributed by atoms with Crippen molar-refractivity contribution in [1.82, 2.24) is 9.80 Å². The monoisotopic (exact) mass is 397 g/mol. The van der Waals surface area contributed by atoms with Gasteiger partial charge in [0.1, 0.15) is 5.57 Å². The Morgan fingerprint density at radius 3 is 2.29 bits per heavy atom. The maximum Gasteiger partial charge on any atom is 0.333 e. The van der Waals surface area contributed by atoms with Crippen molar-refractivity contribution in [2.75, 3.05) is 25.5 Å². The van der Waals surface area contributed by atoms with Crippen LogP contribution in [0.4, 0.5) is 10.5 Å². The van der Waals surface area contributed by atoms with Gasteiger partial charge in [-0.05, 0) is 30.7 Å². The maximum absolute atomic E-state index is 12.2. The Labute approximate surface area is 169 Å². The van der Waals surface area contributed by atoms with E-state index in [4.69, 9.17) is 0 Å². The molecule has 3 rings (SSSR count). The number of urea groups is 1.